The molecule has 1 aromatic heterocycles. The average molecular weight is 153 g/mol. The summed E-state index contributed by atoms with van der Waals surface area (Å²) in [6, 6.07) is 0. The lowest BCUT2D eigenvalue weighted by Crippen LogP contribution is -2.13. The number of hydrogen-bond donors (Lipinski definition) is 2. The Balaban J connectivity index is 2.56. The second-order valence-corrected chi connectivity index (χ2v) is 2.60. The molecular formula is C7H11N3O. The van der Waals surface area contributed by atoms with E-state index in [1.54, 1.807) is 12.4 Å². The number of nitrogens with zero attached hydrogens (tertiary/aromatic N) is 1. The van der Waals surface area contributed by atoms with Crippen LogP contribution in [0.4, 0.5) is 0 Å². The number of primary amides is 1. The molecule has 60 valence electrons. The maximum absolute atomic E-state index is 10.5. The molecule has 0 saturated carbocycles. The molecule has 0 aromatic carbocycles. The number of aromatic amines is 1. The molecule has 11 heavy (non-hydrogen) atoms. The minimum atomic E-state index is -0.279. The Morgan fingerprint density at radius 1 is 1.91 bits per heavy atom. The molecule has 0 fully saturated rings. The fraction of sp³-hybridized carbons (Fsp3) is 0.429. The molecule has 0 saturated heterocycles. The van der Waals surface area contributed by atoms with Crippen LogP contribution in [0.5, 0.6) is 0 Å². The van der Waals surface area contributed by atoms with Crippen LogP contribution in [-0.2, 0) is 4.79 Å². The fourth-order valence-corrected chi connectivity index (χ4v) is 0.950. The van der Waals surface area contributed by atoms with Crippen LogP contribution in [0.3, 0.4) is 0 Å². The van der Waals surface area contributed by atoms with Gasteiger partial charge in [-0.1, -0.05) is 6.92 Å². The second-order valence-electron chi connectivity index (χ2n) is 2.60. The van der Waals surface area contributed by atoms with Crippen LogP contribution in [-0.4, -0.2) is 16.1 Å². The van der Waals surface area contributed by atoms with Gasteiger partial charge in [0.2, 0.25) is 5.91 Å². The molecule has 1 heterocycles. The van der Waals surface area contributed by atoms with Crippen molar-refractivity contribution >= 4 is 5.91 Å². The van der Waals surface area contributed by atoms with Crippen molar-refractivity contribution in [3.63, 3.8) is 0 Å². The van der Waals surface area contributed by atoms with Gasteiger partial charge >= 0.3 is 0 Å². The number of nitrogens with two attached hydrogens (primary N) is 1. The zero-order valence-electron chi connectivity index (χ0n) is 6.37. The molecule has 0 spiro atoms. The first kappa shape index (κ1) is 7.78. The normalized spacial score (nSPS) is 12.8. The number of nitrogens with one attached hydrogen (secondary N) is 1. The first-order chi connectivity index (χ1) is 5.20. The minimum Gasteiger partial charge on any atom is -0.370 e. The van der Waals surface area contributed by atoms with Gasteiger partial charge in [0.25, 0.3) is 0 Å². The van der Waals surface area contributed by atoms with E-state index in [4.69, 9.17) is 5.73 Å². The molecule has 1 rings (SSSR count). The molecule has 1 aromatic rings. The third-order valence-corrected chi connectivity index (χ3v) is 1.60. The number of hydrogen-bond acceptors (Lipinski definition) is 2. The smallest absolute Gasteiger partial charge is 0.218 e. The lowest BCUT2D eigenvalue weighted by Gasteiger charge is -2.03. The number of carbonyl (C=O) groups excluding carboxylic acids is 1. The topological polar surface area (TPSA) is 71.8 Å². The molecule has 4 nitrogen and oxygen atoms in total. The maximum Gasteiger partial charge on any atom is 0.218 e. The molecule has 1 amide bonds. The molecule has 0 radical (unpaired) electrons. The Morgan fingerprint density at radius 3 is 3.09 bits per heavy atom. The predicted molar refractivity (Wildman–Crippen MR) is 40.8 cm³/mol. The zero-order valence-corrected chi connectivity index (χ0v) is 6.37. The van der Waals surface area contributed by atoms with E-state index in [1.807, 2.05) is 6.92 Å². The highest BCUT2D eigenvalue weighted by atomic mass is 16.1. The summed E-state index contributed by atoms with van der Waals surface area (Å²) in [6.07, 6.45) is 3.85. The highest BCUT2D eigenvalue weighted by molar-refractivity contribution is 5.74. The third-order valence-electron chi connectivity index (χ3n) is 1.60. The summed E-state index contributed by atoms with van der Waals surface area (Å²) in [7, 11) is 0. The van der Waals surface area contributed by atoms with Gasteiger partial charge in [-0.05, 0) is 11.5 Å². The first-order valence-electron chi connectivity index (χ1n) is 3.47. The Morgan fingerprint density at radius 2 is 2.64 bits per heavy atom. The molecule has 3 N–H and O–H groups in total. The van der Waals surface area contributed by atoms with E-state index in [-0.39, 0.29) is 11.8 Å². The quantitative estimate of drug-likeness (QED) is 0.659. The standard InChI is InChI=1S/C7H11N3O/c1-5(2-7(8)11)6-3-9-10-4-6/h3-5H,2H2,1H3,(H2,8,11)(H,9,10). The van der Waals surface area contributed by atoms with E-state index in [2.05, 4.69) is 10.2 Å². The van der Waals surface area contributed by atoms with Crippen LogP contribution >= 0.6 is 0 Å². The molecule has 4 heteroatoms. The van der Waals surface area contributed by atoms with Gasteiger partial charge < -0.3 is 5.73 Å². The van der Waals surface area contributed by atoms with Crippen molar-refractivity contribution in [3.8, 4) is 0 Å². The summed E-state index contributed by atoms with van der Waals surface area (Å²) in [4.78, 5) is 10.5. The van der Waals surface area contributed by atoms with Crippen LogP contribution < -0.4 is 5.73 Å². The predicted octanol–water partition coefficient (Wildman–Crippen LogP) is 0.389. The minimum absolute atomic E-state index is 0.159. The second kappa shape index (κ2) is 3.18. The van der Waals surface area contributed by atoms with Gasteiger partial charge in [-0.2, -0.15) is 5.10 Å². The van der Waals surface area contributed by atoms with E-state index in [9.17, 15) is 4.79 Å². The van der Waals surface area contributed by atoms with E-state index < -0.39 is 0 Å². The van der Waals surface area contributed by atoms with E-state index in [0.717, 1.165) is 5.56 Å². The van der Waals surface area contributed by atoms with Crippen molar-refractivity contribution in [1.82, 2.24) is 10.2 Å². The van der Waals surface area contributed by atoms with Crippen molar-refractivity contribution < 1.29 is 4.79 Å². The van der Waals surface area contributed by atoms with Gasteiger partial charge in [0.1, 0.15) is 0 Å². The van der Waals surface area contributed by atoms with Gasteiger partial charge in [0, 0.05) is 12.6 Å². The zero-order chi connectivity index (χ0) is 8.27. The van der Waals surface area contributed by atoms with Crippen LogP contribution in [0.15, 0.2) is 12.4 Å². The number of aromatic nitrogens is 2. The Bertz CT molecular complexity index is 230. The Labute approximate surface area is 64.8 Å². The van der Waals surface area contributed by atoms with E-state index in [1.165, 1.54) is 0 Å². The van der Waals surface area contributed by atoms with Gasteiger partial charge in [-0.15, -0.1) is 0 Å². The van der Waals surface area contributed by atoms with Crippen molar-refractivity contribution in [2.75, 3.05) is 0 Å². The van der Waals surface area contributed by atoms with Crippen molar-refractivity contribution in [1.29, 1.82) is 0 Å². The molecule has 0 bridgehead atoms. The molecule has 0 aliphatic heterocycles. The summed E-state index contributed by atoms with van der Waals surface area (Å²) < 4.78 is 0. The summed E-state index contributed by atoms with van der Waals surface area (Å²) in [6.45, 7) is 1.94. The van der Waals surface area contributed by atoms with E-state index >= 15 is 0 Å². The third kappa shape index (κ3) is 2.07. The Kier molecular flexibility index (Phi) is 2.25. The summed E-state index contributed by atoms with van der Waals surface area (Å²) in [5.41, 5.74) is 6.05. The van der Waals surface area contributed by atoms with E-state index in [0.29, 0.717) is 6.42 Å². The largest absolute Gasteiger partial charge is 0.370 e. The summed E-state index contributed by atoms with van der Waals surface area (Å²) in [5, 5.41) is 6.46. The van der Waals surface area contributed by atoms with Crippen LogP contribution in [0.1, 0.15) is 24.8 Å². The number of H-pyrrole nitrogens is 1. The number of amides is 1. The van der Waals surface area contributed by atoms with Gasteiger partial charge in [0.15, 0.2) is 0 Å². The summed E-state index contributed by atoms with van der Waals surface area (Å²) in [5.74, 6) is -0.120. The molecule has 0 aliphatic rings. The Hall–Kier alpha value is -1.32. The number of carbonyl (C=O) groups is 1. The van der Waals surface area contributed by atoms with Gasteiger partial charge in [0.05, 0.1) is 6.20 Å². The highest BCUT2D eigenvalue weighted by Gasteiger charge is 2.08. The van der Waals surface area contributed by atoms with Gasteiger partial charge in [-0.25, -0.2) is 0 Å². The molecule has 0 aliphatic carbocycles. The summed E-state index contributed by atoms with van der Waals surface area (Å²) >= 11 is 0. The lowest BCUT2D eigenvalue weighted by molar-refractivity contribution is -0.118. The lowest BCUT2D eigenvalue weighted by atomic mass is 10.0. The van der Waals surface area contributed by atoms with Crippen molar-refractivity contribution in [3.05, 3.63) is 18.0 Å². The molecule has 1 atom stereocenters. The molecule has 1 unspecified atom stereocenters. The molecular weight excluding hydrogens is 142 g/mol. The van der Waals surface area contributed by atoms with Crippen molar-refractivity contribution in [2.45, 2.75) is 19.3 Å². The van der Waals surface area contributed by atoms with Gasteiger partial charge in [-0.3, -0.25) is 9.89 Å². The van der Waals surface area contributed by atoms with Crippen LogP contribution in [0, 0.1) is 0 Å². The maximum atomic E-state index is 10.5. The SMILES string of the molecule is CC(CC(N)=O)c1cn[nH]c1. The first-order valence-corrected chi connectivity index (χ1v) is 3.47. The number of rotatable bonds is 3. The van der Waals surface area contributed by atoms with Crippen LogP contribution in [0.25, 0.3) is 0 Å². The average Bonchev–Trinajstić information content (AvgIpc) is 2.35. The van der Waals surface area contributed by atoms with Crippen molar-refractivity contribution in [2.24, 2.45) is 5.73 Å². The fourth-order valence-electron chi connectivity index (χ4n) is 0.950. The monoisotopic (exact) mass is 153 g/mol. The van der Waals surface area contributed by atoms with Crippen LogP contribution in [0.2, 0.25) is 0 Å². The highest BCUT2D eigenvalue weighted by Crippen LogP contribution is 2.15.